The van der Waals surface area contributed by atoms with Crippen molar-refractivity contribution < 1.29 is 24.5 Å². The number of ketones is 1. The van der Waals surface area contributed by atoms with Gasteiger partial charge in [-0.25, -0.2) is 0 Å². The Morgan fingerprint density at radius 2 is 1.71 bits per heavy atom. The van der Waals surface area contributed by atoms with Crippen molar-refractivity contribution in [3.63, 3.8) is 0 Å². The van der Waals surface area contributed by atoms with Gasteiger partial charge in [0, 0.05) is 34.4 Å². The Hall–Kier alpha value is -1.99. The van der Waals surface area contributed by atoms with E-state index in [1.54, 1.807) is 0 Å². The zero-order valence-corrected chi connectivity index (χ0v) is 31.8. The molecule has 6 heteroatoms. The van der Waals surface area contributed by atoms with Crippen LogP contribution in [0.3, 0.4) is 0 Å². The van der Waals surface area contributed by atoms with E-state index in [2.05, 4.69) is 85.9 Å². The van der Waals surface area contributed by atoms with E-state index in [-0.39, 0.29) is 45.5 Å². The zero-order chi connectivity index (χ0) is 35.2. The molecule has 6 nitrogen and oxygen atoms in total. The van der Waals surface area contributed by atoms with Gasteiger partial charge < -0.3 is 24.3 Å². The predicted molar refractivity (Wildman–Crippen MR) is 192 cm³/mol. The van der Waals surface area contributed by atoms with Crippen LogP contribution in [-0.2, 0) is 21.3 Å². The summed E-state index contributed by atoms with van der Waals surface area (Å²) in [5.41, 5.74) is 6.27. The highest BCUT2D eigenvalue weighted by Crippen LogP contribution is 2.73. The second kappa shape index (κ2) is 9.32. The van der Waals surface area contributed by atoms with Crippen LogP contribution in [0.15, 0.2) is 12.1 Å². The van der Waals surface area contributed by atoms with Gasteiger partial charge >= 0.3 is 0 Å². The largest absolute Gasteiger partial charge is 0.388 e. The van der Waals surface area contributed by atoms with Gasteiger partial charge in [0.2, 0.25) is 0 Å². The van der Waals surface area contributed by atoms with E-state index in [1.807, 2.05) is 6.92 Å². The van der Waals surface area contributed by atoms with E-state index >= 15 is 4.79 Å². The van der Waals surface area contributed by atoms with Crippen LogP contribution in [0.1, 0.15) is 166 Å². The highest BCUT2D eigenvalue weighted by molar-refractivity contribution is 6.17. The van der Waals surface area contributed by atoms with Gasteiger partial charge in [0.25, 0.3) is 0 Å². The SMILES string of the molecule is CC[C@]1(O)CC[C@]2(C)[C@H](CC[C@@]3(C)[C@H]2CCC2Cc4c(n5c6c(c7c(cc46)C4=CC(C)(C)OC(C)(C)C4[C@@H]7O)C(=O)[C@@H]5C(C)(C)C)[C@@]23C)O1. The van der Waals surface area contributed by atoms with Crippen molar-refractivity contribution >= 4 is 22.3 Å². The molecule has 3 aliphatic heterocycles. The number of aromatic nitrogens is 1. The lowest BCUT2D eigenvalue weighted by molar-refractivity contribution is -0.317. The number of hydrogen-bond donors (Lipinski definition) is 2. The standard InChI is InChI=1S/C43H59NO5/c1-12-43(47)18-17-40(9)27-14-13-22-19-25-24-20-23-26-21-38(5,6)49-39(7,8)31(26)33(45)29(23)30-32(24)44(36(34(30)46)37(2,3)4)35(25)42(22,11)41(27,10)16-15-28(40)48-43/h20-22,27-28,31,33,36,45,47H,12-19H2,1-11H3/t22?,27-,28-,31?,33+,36+,40-,41-,42+,43+/m0/s1. The van der Waals surface area contributed by atoms with Crippen LogP contribution in [-0.4, -0.2) is 43.7 Å². The van der Waals surface area contributed by atoms with Crippen molar-refractivity contribution in [2.45, 2.75) is 168 Å². The Balaban J connectivity index is 1.28. The van der Waals surface area contributed by atoms with Crippen LogP contribution in [0.5, 0.6) is 0 Å². The molecule has 0 bridgehead atoms. The number of rotatable bonds is 1. The minimum atomic E-state index is -1.00. The van der Waals surface area contributed by atoms with Crippen LogP contribution in [0, 0.1) is 34.0 Å². The van der Waals surface area contributed by atoms with E-state index < -0.39 is 23.1 Å². The average Bonchev–Trinajstić information content (AvgIpc) is 3.66. The Kier molecular flexibility index (Phi) is 6.25. The van der Waals surface area contributed by atoms with Crippen LogP contribution in [0.4, 0.5) is 0 Å². The molecule has 1 aromatic heterocycles. The number of aliphatic hydroxyl groups excluding tert-OH is 1. The number of carbonyl (C=O) groups excluding carboxylic acids is 1. The number of carbonyl (C=O) groups is 1. The van der Waals surface area contributed by atoms with Gasteiger partial charge in [0.05, 0.1) is 34.5 Å². The number of aliphatic hydroxyl groups is 2. The van der Waals surface area contributed by atoms with Crippen molar-refractivity contribution in [3.05, 3.63) is 40.1 Å². The molecule has 49 heavy (non-hydrogen) atoms. The van der Waals surface area contributed by atoms with Crippen LogP contribution < -0.4 is 0 Å². The summed E-state index contributed by atoms with van der Waals surface area (Å²) >= 11 is 0. The molecule has 2 saturated carbocycles. The maximum absolute atomic E-state index is 15.1. The molecular formula is C43H59NO5. The molecule has 4 heterocycles. The molecule has 3 fully saturated rings. The number of Topliss-reactive ketones (excluding diaryl/α,β-unsaturated/α-hetero) is 1. The third-order valence-electron chi connectivity index (χ3n) is 16.0. The minimum Gasteiger partial charge on any atom is -0.388 e. The molecular weight excluding hydrogens is 610 g/mol. The molecule has 0 radical (unpaired) electrons. The van der Waals surface area contributed by atoms with E-state index in [0.29, 0.717) is 24.7 Å². The average molecular weight is 670 g/mol. The van der Waals surface area contributed by atoms with Crippen molar-refractivity contribution in [1.29, 1.82) is 0 Å². The summed E-state index contributed by atoms with van der Waals surface area (Å²) in [5.74, 6) is -0.0819. The minimum absolute atomic E-state index is 0.00198. The molecule has 9 rings (SSSR count). The zero-order valence-electron chi connectivity index (χ0n) is 31.8. The van der Waals surface area contributed by atoms with Gasteiger partial charge in [0.1, 0.15) is 6.04 Å². The predicted octanol–water partition coefficient (Wildman–Crippen LogP) is 8.98. The first-order chi connectivity index (χ1) is 22.6. The topological polar surface area (TPSA) is 80.9 Å². The molecule has 4 aliphatic carbocycles. The van der Waals surface area contributed by atoms with Crippen molar-refractivity contribution in [3.8, 4) is 0 Å². The quantitative estimate of drug-likeness (QED) is 0.317. The number of nitrogens with zero attached hydrogens (tertiary/aromatic N) is 1. The summed E-state index contributed by atoms with van der Waals surface area (Å²) in [5, 5.41) is 24.7. The fourth-order valence-electron chi connectivity index (χ4n) is 13.9. The summed E-state index contributed by atoms with van der Waals surface area (Å²) in [6.07, 6.45) is 9.22. The Bertz CT molecular complexity index is 1870. The summed E-state index contributed by atoms with van der Waals surface area (Å²) in [6.45, 7) is 24.7. The molecule has 1 aromatic carbocycles. The highest BCUT2D eigenvalue weighted by atomic mass is 16.6. The third-order valence-corrected chi connectivity index (χ3v) is 16.0. The maximum Gasteiger partial charge on any atom is 0.188 e. The van der Waals surface area contributed by atoms with Crippen LogP contribution >= 0.6 is 0 Å². The van der Waals surface area contributed by atoms with Crippen molar-refractivity contribution in [2.24, 2.45) is 34.0 Å². The van der Waals surface area contributed by atoms with Gasteiger partial charge in [-0.05, 0) is 130 Å². The van der Waals surface area contributed by atoms with Gasteiger partial charge in [0.15, 0.2) is 11.6 Å². The molecule has 7 aliphatic rings. The van der Waals surface area contributed by atoms with E-state index in [1.165, 1.54) is 29.5 Å². The van der Waals surface area contributed by atoms with Gasteiger partial charge in [-0.1, -0.05) is 48.5 Å². The Morgan fingerprint density at radius 1 is 1.00 bits per heavy atom. The smallest absolute Gasteiger partial charge is 0.188 e. The molecule has 0 spiro atoms. The van der Waals surface area contributed by atoms with E-state index in [9.17, 15) is 10.2 Å². The molecule has 2 unspecified atom stereocenters. The van der Waals surface area contributed by atoms with E-state index in [4.69, 9.17) is 9.47 Å². The lowest BCUT2D eigenvalue weighted by Crippen LogP contribution is -2.65. The monoisotopic (exact) mass is 669 g/mol. The first-order valence-electron chi connectivity index (χ1n) is 19.4. The molecule has 0 amide bonds. The van der Waals surface area contributed by atoms with Gasteiger partial charge in [-0.3, -0.25) is 4.79 Å². The van der Waals surface area contributed by atoms with Gasteiger partial charge in [-0.15, -0.1) is 0 Å². The molecule has 266 valence electrons. The summed E-state index contributed by atoms with van der Waals surface area (Å²) < 4.78 is 15.7. The Morgan fingerprint density at radius 3 is 2.39 bits per heavy atom. The number of fused-ring (bicyclic) bond motifs is 13. The number of benzene rings is 1. The van der Waals surface area contributed by atoms with Crippen LogP contribution in [0.2, 0.25) is 0 Å². The lowest BCUT2D eigenvalue weighted by Gasteiger charge is -2.67. The molecule has 2 N–H and O–H groups in total. The summed E-state index contributed by atoms with van der Waals surface area (Å²) in [4.78, 5) is 15.1. The highest BCUT2D eigenvalue weighted by Gasteiger charge is 2.69. The first kappa shape index (κ1) is 32.9. The van der Waals surface area contributed by atoms with Crippen LogP contribution in [0.25, 0.3) is 16.5 Å². The molecule has 10 atom stereocenters. The van der Waals surface area contributed by atoms with Crippen molar-refractivity contribution in [1.82, 2.24) is 4.57 Å². The normalized spacial score (nSPS) is 44.2. The third kappa shape index (κ3) is 3.76. The van der Waals surface area contributed by atoms with Gasteiger partial charge in [-0.2, -0.15) is 0 Å². The second-order valence-electron chi connectivity index (χ2n) is 20.4. The summed E-state index contributed by atoms with van der Waals surface area (Å²) in [6, 6.07) is 2.06. The fourth-order valence-corrected chi connectivity index (χ4v) is 13.9. The first-order valence-corrected chi connectivity index (χ1v) is 19.4. The fraction of sp³-hybridized carbons (Fsp3) is 0.744. The molecule has 1 saturated heterocycles. The van der Waals surface area contributed by atoms with Crippen molar-refractivity contribution in [2.75, 3.05) is 0 Å². The molecule has 2 aromatic rings. The number of hydrogen-bond acceptors (Lipinski definition) is 5. The Labute approximate surface area is 293 Å². The number of ether oxygens (including phenoxy) is 2. The van der Waals surface area contributed by atoms with E-state index in [0.717, 1.165) is 53.5 Å². The lowest BCUT2D eigenvalue weighted by atomic mass is 9.40. The maximum atomic E-state index is 15.1. The summed E-state index contributed by atoms with van der Waals surface area (Å²) in [7, 11) is 0. The second-order valence-corrected chi connectivity index (χ2v) is 20.4.